The van der Waals surface area contributed by atoms with Crippen LogP contribution in [0.2, 0.25) is 0 Å². The van der Waals surface area contributed by atoms with Crippen LogP contribution in [-0.2, 0) is 4.74 Å². The molecule has 0 aliphatic carbocycles. The van der Waals surface area contributed by atoms with Crippen LogP contribution in [0, 0.1) is 6.92 Å². The van der Waals surface area contributed by atoms with Crippen LogP contribution in [0.1, 0.15) is 37.0 Å². The molecule has 172 valence electrons. The molecule has 0 radical (unpaired) electrons. The molecule has 5 rings (SSSR count). The monoisotopic (exact) mass is 450 g/mol. The fourth-order valence-electron chi connectivity index (χ4n) is 4.94. The van der Waals surface area contributed by atoms with E-state index in [1.165, 1.54) is 7.11 Å². The van der Waals surface area contributed by atoms with Crippen molar-refractivity contribution in [2.24, 2.45) is 0 Å². The van der Waals surface area contributed by atoms with Crippen molar-refractivity contribution in [2.45, 2.75) is 45.0 Å². The van der Waals surface area contributed by atoms with Crippen LogP contribution in [-0.4, -0.2) is 36.6 Å². The second-order valence-corrected chi connectivity index (χ2v) is 8.67. The van der Waals surface area contributed by atoms with Crippen molar-refractivity contribution in [3.8, 4) is 17.2 Å². The van der Waals surface area contributed by atoms with Gasteiger partial charge in [0.25, 0.3) is 0 Å². The Labute approximate surface area is 190 Å². The van der Waals surface area contributed by atoms with Crippen LogP contribution < -0.4 is 15.1 Å². The van der Waals surface area contributed by atoms with E-state index in [0.717, 1.165) is 12.0 Å². The minimum Gasteiger partial charge on any atom is -0.507 e. The standard InChI is InChI=1S/C26H26O7/c1-12-9-16-21(19(10-12)30-3)15-11-20(31-4)23-17(27)8-6-14(22(23)25(15)33-26(16)29)24-18(28)7-5-13(2)32-24/h6,8-11,13,18,24,27-28H,5,7H2,1-4H3. The third-order valence-corrected chi connectivity index (χ3v) is 6.48. The number of phenolic OH excluding ortho intramolecular Hbond substituents is 1. The van der Waals surface area contributed by atoms with E-state index in [1.807, 2.05) is 19.9 Å². The molecule has 0 spiro atoms. The van der Waals surface area contributed by atoms with Gasteiger partial charge in [0.2, 0.25) is 0 Å². The molecule has 7 nitrogen and oxygen atoms in total. The summed E-state index contributed by atoms with van der Waals surface area (Å²) in [5.74, 6) is 0.922. The molecule has 1 saturated heterocycles. The van der Waals surface area contributed by atoms with Crippen molar-refractivity contribution in [1.29, 1.82) is 0 Å². The van der Waals surface area contributed by atoms with Crippen molar-refractivity contribution in [1.82, 2.24) is 0 Å². The molecule has 3 unspecified atom stereocenters. The SMILES string of the molecule is COc1cc2c(oc(=O)c3cc(C)cc(OC)c32)c2c(C3OC(C)CCC3O)ccc(O)c12. The van der Waals surface area contributed by atoms with E-state index in [1.54, 1.807) is 31.4 Å². The lowest BCUT2D eigenvalue weighted by molar-refractivity contribution is -0.112. The molecule has 2 heterocycles. The average Bonchev–Trinajstić information content (AvgIpc) is 2.80. The molecule has 2 N–H and O–H groups in total. The topological polar surface area (TPSA) is 98.4 Å². The summed E-state index contributed by atoms with van der Waals surface area (Å²) in [4.78, 5) is 13.1. The third kappa shape index (κ3) is 3.31. The average molecular weight is 450 g/mol. The van der Waals surface area contributed by atoms with Gasteiger partial charge in [0.1, 0.15) is 28.9 Å². The number of hydrogen-bond acceptors (Lipinski definition) is 7. The highest BCUT2D eigenvalue weighted by Gasteiger charge is 2.32. The zero-order valence-corrected chi connectivity index (χ0v) is 19.0. The lowest BCUT2D eigenvalue weighted by atomic mass is 9.90. The van der Waals surface area contributed by atoms with E-state index in [2.05, 4.69) is 0 Å². The second kappa shape index (κ2) is 7.93. The van der Waals surface area contributed by atoms with Gasteiger partial charge in [-0.2, -0.15) is 0 Å². The first kappa shape index (κ1) is 21.6. The number of rotatable bonds is 3. The van der Waals surface area contributed by atoms with Gasteiger partial charge in [-0.1, -0.05) is 6.07 Å². The number of benzene rings is 3. The van der Waals surface area contributed by atoms with Gasteiger partial charge in [-0.3, -0.25) is 0 Å². The summed E-state index contributed by atoms with van der Waals surface area (Å²) >= 11 is 0. The minimum atomic E-state index is -0.737. The summed E-state index contributed by atoms with van der Waals surface area (Å²) in [6.45, 7) is 3.84. The molecule has 1 aliphatic heterocycles. The third-order valence-electron chi connectivity index (χ3n) is 6.48. The summed E-state index contributed by atoms with van der Waals surface area (Å²) in [5, 5.41) is 24.0. The maximum Gasteiger partial charge on any atom is 0.344 e. The van der Waals surface area contributed by atoms with Gasteiger partial charge in [-0.15, -0.1) is 0 Å². The molecular formula is C26H26O7. The molecule has 0 amide bonds. The predicted octanol–water partition coefficient (Wildman–Crippen LogP) is 4.73. The van der Waals surface area contributed by atoms with E-state index < -0.39 is 17.8 Å². The second-order valence-electron chi connectivity index (χ2n) is 8.67. The highest BCUT2D eigenvalue weighted by molar-refractivity contribution is 6.19. The maximum atomic E-state index is 13.1. The summed E-state index contributed by atoms with van der Waals surface area (Å²) in [7, 11) is 3.07. The van der Waals surface area contributed by atoms with Crippen LogP contribution in [0.4, 0.5) is 0 Å². The van der Waals surface area contributed by atoms with Gasteiger partial charge in [0.15, 0.2) is 0 Å². The number of aromatic hydroxyl groups is 1. The number of ether oxygens (including phenoxy) is 3. The van der Waals surface area contributed by atoms with E-state index in [4.69, 9.17) is 18.6 Å². The quantitative estimate of drug-likeness (QED) is 0.344. The number of phenols is 1. The Morgan fingerprint density at radius 3 is 2.42 bits per heavy atom. The Hall–Kier alpha value is -3.29. The Balaban J connectivity index is 2.00. The molecule has 33 heavy (non-hydrogen) atoms. The van der Waals surface area contributed by atoms with Crippen molar-refractivity contribution >= 4 is 32.5 Å². The van der Waals surface area contributed by atoms with Gasteiger partial charge in [-0.05, 0) is 62.1 Å². The molecular weight excluding hydrogens is 424 g/mol. The molecule has 1 fully saturated rings. The lowest BCUT2D eigenvalue weighted by Gasteiger charge is -2.33. The van der Waals surface area contributed by atoms with Crippen LogP contribution in [0.3, 0.4) is 0 Å². The molecule has 0 saturated carbocycles. The first-order valence-electron chi connectivity index (χ1n) is 10.9. The number of fused-ring (bicyclic) bond motifs is 5. The molecule has 7 heteroatoms. The summed E-state index contributed by atoms with van der Waals surface area (Å²) in [5.41, 5.74) is 1.26. The van der Waals surface area contributed by atoms with Crippen molar-refractivity contribution in [3.05, 3.63) is 51.9 Å². The first-order valence-corrected chi connectivity index (χ1v) is 10.9. The fraction of sp³-hybridized carbons (Fsp3) is 0.346. The maximum absolute atomic E-state index is 13.1. The molecule has 3 aromatic carbocycles. The van der Waals surface area contributed by atoms with Gasteiger partial charge >= 0.3 is 5.63 Å². The van der Waals surface area contributed by atoms with Crippen molar-refractivity contribution in [2.75, 3.05) is 14.2 Å². The van der Waals surface area contributed by atoms with Gasteiger partial charge in [0, 0.05) is 16.2 Å². The highest BCUT2D eigenvalue weighted by atomic mass is 16.5. The van der Waals surface area contributed by atoms with Crippen LogP contribution in [0.5, 0.6) is 17.2 Å². The van der Waals surface area contributed by atoms with E-state index in [9.17, 15) is 15.0 Å². The first-order chi connectivity index (χ1) is 15.8. The largest absolute Gasteiger partial charge is 0.507 e. The number of aliphatic hydroxyl groups is 1. The van der Waals surface area contributed by atoms with Crippen molar-refractivity contribution in [3.63, 3.8) is 0 Å². The van der Waals surface area contributed by atoms with Gasteiger partial charge < -0.3 is 28.8 Å². The van der Waals surface area contributed by atoms with E-state index in [-0.39, 0.29) is 17.4 Å². The Morgan fingerprint density at radius 1 is 0.970 bits per heavy atom. The Kier molecular flexibility index (Phi) is 5.18. The number of methoxy groups -OCH3 is 2. The summed E-state index contributed by atoms with van der Waals surface area (Å²) in [6.07, 6.45) is -0.105. The Bertz CT molecular complexity index is 1450. The minimum absolute atomic E-state index is 0.0236. The van der Waals surface area contributed by atoms with Gasteiger partial charge in [0.05, 0.1) is 37.2 Å². The normalized spacial score (nSPS) is 21.1. The molecule has 0 bridgehead atoms. The van der Waals surface area contributed by atoms with Crippen LogP contribution in [0.25, 0.3) is 32.5 Å². The molecule has 3 atom stereocenters. The van der Waals surface area contributed by atoms with Crippen molar-refractivity contribution < 1.29 is 28.8 Å². The number of hydrogen-bond donors (Lipinski definition) is 2. The van der Waals surface area contributed by atoms with Gasteiger partial charge in [-0.25, -0.2) is 4.79 Å². The molecule has 4 aromatic rings. The zero-order chi connectivity index (χ0) is 23.4. The fourth-order valence-corrected chi connectivity index (χ4v) is 4.94. The molecule has 1 aliphatic rings. The van der Waals surface area contributed by atoms with Crippen LogP contribution >= 0.6 is 0 Å². The predicted molar refractivity (Wildman–Crippen MR) is 126 cm³/mol. The smallest absolute Gasteiger partial charge is 0.344 e. The summed E-state index contributed by atoms with van der Waals surface area (Å²) < 4.78 is 23.3. The zero-order valence-electron chi connectivity index (χ0n) is 19.0. The summed E-state index contributed by atoms with van der Waals surface area (Å²) in [6, 6.07) is 8.62. The highest BCUT2D eigenvalue weighted by Crippen LogP contribution is 2.46. The lowest BCUT2D eigenvalue weighted by Crippen LogP contribution is -2.31. The van der Waals surface area contributed by atoms with Crippen LogP contribution in [0.15, 0.2) is 39.5 Å². The molecule has 1 aromatic heterocycles. The van der Waals surface area contributed by atoms with E-state index >= 15 is 0 Å². The number of aliphatic hydroxyl groups excluding tert-OH is 1. The van der Waals surface area contributed by atoms with E-state index in [0.29, 0.717) is 50.4 Å². The Morgan fingerprint density at radius 2 is 1.70 bits per heavy atom. The number of aryl methyl sites for hydroxylation is 1.